The van der Waals surface area contributed by atoms with E-state index in [1.54, 1.807) is 30.6 Å². The smallest absolute Gasteiger partial charge is 0.243 e. The normalized spacial score (nSPS) is 18.1. The van der Waals surface area contributed by atoms with Gasteiger partial charge in [-0.25, -0.2) is 13.4 Å². The van der Waals surface area contributed by atoms with Gasteiger partial charge in [0.05, 0.1) is 23.4 Å². The quantitative estimate of drug-likeness (QED) is 0.679. The molecule has 1 aromatic carbocycles. The van der Waals surface area contributed by atoms with Crippen molar-refractivity contribution in [2.75, 3.05) is 25.4 Å². The Morgan fingerprint density at radius 3 is 2.79 bits per heavy atom. The first-order valence-corrected chi connectivity index (χ1v) is 10.7. The van der Waals surface area contributed by atoms with Crippen LogP contribution in [0.5, 0.6) is 0 Å². The highest BCUT2D eigenvalue weighted by atomic mass is 32.2. The molecule has 3 heterocycles. The van der Waals surface area contributed by atoms with Gasteiger partial charge in [0, 0.05) is 24.8 Å². The van der Waals surface area contributed by atoms with E-state index < -0.39 is 16.1 Å². The molecule has 0 radical (unpaired) electrons. The first-order valence-electron chi connectivity index (χ1n) is 9.30. The maximum Gasteiger partial charge on any atom is 0.243 e. The number of nitrogens with one attached hydrogen (secondary N) is 1. The summed E-state index contributed by atoms with van der Waals surface area (Å²) in [6.07, 6.45) is 2.85. The van der Waals surface area contributed by atoms with E-state index in [2.05, 4.69) is 15.2 Å². The predicted molar refractivity (Wildman–Crippen MR) is 110 cm³/mol. The summed E-state index contributed by atoms with van der Waals surface area (Å²) < 4.78 is 33.7. The van der Waals surface area contributed by atoms with Crippen LogP contribution in [-0.4, -0.2) is 47.6 Å². The van der Waals surface area contributed by atoms with Gasteiger partial charge in [-0.1, -0.05) is 6.07 Å². The van der Waals surface area contributed by atoms with Crippen molar-refractivity contribution in [3.8, 4) is 11.1 Å². The molecular weight excluding hydrogens is 390 g/mol. The van der Waals surface area contributed by atoms with Crippen LogP contribution in [0.1, 0.15) is 22.9 Å². The minimum absolute atomic E-state index is 0.199. The summed E-state index contributed by atoms with van der Waals surface area (Å²) in [6, 6.07) is 8.79. The van der Waals surface area contributed by atoms with E-state index in [9.17, 15) is 8.42 Å². The van der Waals surface area contributed by atoms with Crippen LogP contribution in [-0.2, 0) is 14.8 Å². The first kappa shape index (κ1) is 19.6. The lowest BCUT2D eigenvalue weighted by Gasteiger charge is -2.32. The van der Waals surface area contributed by atoms with E-state index in [1.165, 1.54) is 4.31 Å². The second-order valence-electron chi connectivity index (χ2n) is 7.14. The molecule has 8 nitrogen and oxygen atoms in total. The lowest BCUT2D eigenvalue weighted by molar-refractivity contribution is -0.00465. The fourth-order valence-electron chi connectivity index (χ4n) is 3.43. The molecule has 2 aromatic heterocycles. The van der Waals surface area contributed by atoms with Crippen molar-refractivity contribution < 1.29 is 13.2 Å². The van der Waals surface area contributed by atoms with Crippen LogP contribution in [0.3, 0.4) is 0 Å². The lowest BCUT2D eigenvalue weighted by atomic mass is 10.0. The van der Waals surface area contributed by atoms with Gasteiger partial charge in [0.25, 0.3) is 0 Å². The largest absolute Gasteiger partial charge is 0.384 e. The van der Waals surface area contributed by atoms with Crippen molar-refractivity contribution >= 4 is 15.8 Å². The molecule has 0 amide bonds. The van der Waals surface area contributed by atoms with Crippen molar-refractivity contribution in [3.63, 3.8) is 0 Å². The van der Waals surface area contributed by atoms with Crippen LogP contribution in [0.4, 0.5) is 5.82 Å². The van der Waals surface area contributed by atoms with Crippen molar-refractivity contribution in [1.82, 2.24) is 19.5 Å². The zero-order chi connectivity index (χ0) is 20.6. The molecule has 152 valence electrons. The van der Waals surface area contributed by atoms with Crippen LogP contribution in [0, 0.1) is 13.8 Å². The van der Waals surface area contributed by atoms with Crippen molar-refractivity contribution in [1.29, 1.82) is 0 Å². The third kappa shape index (κ3) is 3.76. The summed E-state index contributed by atoms with van der Waals surface area (Å²) in [5, 5.41) is 7.10. The Morgan fingerprint density at radius 2 is 2.03 bits per heavy atom. The van der Waals surface area contributed by atoms with Gasteiger partial charge < -0.3 is 10.5 Å². The number of hydrogen-bond acceptors (Lipinski definition) is 6. The molecule has 1 aliphatic heterocycles. The van der Waals surface area contributed by atoms with Crippen LogP contribution >= 0.6 is 0 Å². The number of aromatic nitrogens is 3. The van der Waals surface area contributed by atoms with Gasteiger partial charge in [-0.15, -0.1) is 0 Å². The van der Waals surface area contributed by atoms with E-state index in [1.807, 2.05) is 26.0 Å². The predicted octanol–water partition coefficient (Wildman–Crippen LogP) is 2.43. The second kappa shape index (κ2) is 7.58. The minimum atomic E-state index is -3.62. The highest BCUT2D eigenvalue weighted by molar-refractivity contribution is 7.89. The van der Waals surface area contributed by atoms with Gasteiger partial charge in [0.2, 0.25) is 10.0 Å². The molecule has 9 heteroatoms. The van der Waals surface area contributed by atoms with Gasteiger partial charge in [-0.2, -0.15) is 9.40 Å². The number of aromatic amines is 1. The molecule has 0 aliphatic carbocycles. The van der Waals surface area contributed by atoms with Gasteiger partial charge in [-0.3, -0.25) is 5.10 Å². The number of morpholine rings is 1. The summed E-state index contributed by atoms with van der Waals surface area (Å²) in [5.41, 5.74) is 10.2. The number of nitrogen functional groups attached to an aromatic ring is 1. The fraction of sp³-hybridized carbons (Fsp3) is 0.300. The molecular formula is C20H23N5O3S. The Morgan fingerprint density at radius 1 is 1.21 bits per heavy atom. The van der Waals surface area contributed by atoms with Gasteiger partial charge in [0.1, 0.15) is 11.9 Å². The summed E-state index contributed by atoms with van der Waals surface area (Å²) in [7, 11) is -3.62. The number of nitrogens with zero attached hydrogens (tertiary/aromatic N) is 3. The number of anilines is 1. The molecule has 1 aliphatic rings. The highest BCUT2D eigenvalue weighted by Gasteiger charge is 2.33. The molecule has 1 atom stereocenters. The Balaban J connectivity index is 1.63. The highest BCUT2D eigenvalue weighted by Crippen LogP contribution is 2.32. The Bertz CT molecular complexity index is 1140. The maximum absolute atomic E-state index is 13.2. The SMILES string of the molecule is Cc1ccc(S(=O)(=O)N2CCO[C@H](c3[nH]ncc3-c3ccnc(N)c3)C2)cc1C. The van der Waals surface area contributed by atoms with E-state index >= 15 is 0 Å². The third-order valence-electron chi connectivity index (χ3n) is 5.23. The first-order chi connectivity index (χ1) is 13.9. The molecule has 0 unspecified atom stereocenters. The van der Waals surface area contributed by atoms with Crippen LogP contribution < -0.4 is 5.73 Å². The summed E-state index contributed by atoms with van der Waals surface area (Å²) >= 11 is 0. The monoisotopic (exact) mass is 413 g/mol. The van der Waals surface area contributed by atoms with Crippen LogP contribution in [0.2, 0.25) is 0 Å². The number of benzene rings is 1. The fourth-order valence-corrected chi connectivity index (χ4v) is 4.94. The lowest BCUT2D eigenvalue weighted by Crippen LogP contribution is -2.42. The molecule has 4 rings (SSSR count). The molecule has 1 fully saturated rings. The zero-order valence-corrected chi connectivity index (χ0v) is 17.1. The summed E-state index contributed by atoms with van der Waals surface area (Å²) in [5.74, 6) is 0.401. The van der Waals surface area contributed by atoms with Gasteiger partial charge >= 0.3 is 0 Å². The van der Waals surface area contributed by atoms with Gasteiger partial charge in [-0.05, 0) is 54.8 Å². The summed E-state index contributed by atoms with van der Waals surface area (Å²) in [4.78, 5) is 4.31. The van der Waals surface area contributed by atoms with Crippen LogP contribution in [0.25, 0.3) is 11.1 Å². The number of pyridine rings is 1. The average Bonchev–Trinajstić information content (AvgIpc) is 3.20. The molecule has 0 spiro atoms. The number of H-pyrrole nitrogens is 1. The second-order valence-corrected chi connectivity index (χ2v) is 9.07. The molecule has 3 aromatic rings. The number of hydrogen-bond donors (Lipinski definition) is 2. The molecule has 1 saturated heterocycles. The van der Waals surface area contributed by atoms with Crippen molar-refractivity contribution in [3.05, 3.63) is 59.5 Å². The number of ether oxygens (including phenoxy) is 1. The number of sulfonamides is 1. The Kier molecular flexibility index (Phi) is 5.12. The summed E-state index contributed by atoms with van der Waals surface area (Å²) in [6.45, 7) is 4.67. The van der Waals surface area contributed by atoms with E-state index in [0.717, 1.165) is 27.9 Å². The standard InChI is InChI=1S/C20H23N5O3S/c1-13-3-4-16(9-14(13)2)29(26,27)25-7-8-28-18(12-25)20-17(11-23-24-20)15-5-6-22-19(21)10-15/h3-6,9-11,18H,7-8,12H2,1-2H3,(H2,21,22)(H,23,24)/t18-/m0/s1. The number of aryl methyl sites for hydroxylation is 2. The maximum atomic E-state index is 13.2. The zero-order valence-electron chi connectivity index (χ0n) is 16.3. The third-order valence-corrected chi connectivity index (χ3v) is 7.09. The average molecular weight is 414 g/mol. The van der Waals surface area contributed by atoms with E-state index in [-0.39, 0.29) is 6.54 Å². The molecule has 0 saturated carbocycles. The van der Waals surface area contributed by atoms with Crippen molar-refractivity contribution in [2.24, 2.45) is 0 Å². The van der Waals surface area contributed by atoms with E-state index in [4.69, 9.17) is 10.5 Å². The number of nitrogens with two attached hydrogens (primary N) is 1. The van der Waals surface area contributed by atoms with Crippen LogP contribution in [0.15, 0.2) is 47.6 Å². The molecule has 3 N–H and O–H groups in total. The Hall–Kier alpha value is -2.75. The Labute approximate surface area is 169 Å². The molecule has 0 bridgehead atoms. The van der Waals surface area contributed by atoms with Gasteiger partial charge in [0.15, 0.2) is 0 Å². The minimum Gasteiger partial charge on any atom is -0.384 e. The topological polar surface area (TPSA) is 114 Å². The van der Waals surface area contributed by atoms with Crippen molar-refractivity contribution in [2.45, 2.75) is 24.8 Å². The van der Waals surface area contributed by atoms with E-state index in [0.29, 0.717) is 23.9 Å². The number of rotatable bonds is 4. The molecule has 29 heavy (non-hydrogen) atoms.